The number of allylic oxidation sites excluding steroid dienone is 4. The standard InChI is InChI=1S/C63H52N2/c1-43-18-14-27-49(40-43)64-59-34-12-10-29-55(59)57-39-37-50(42-62(57)64)65(60-35-13-11-30-56(60)58-33-17-26-47-25-16-32-54(63(47)58)46-21-6-3-7-22-46)61-41-48(36-38-53(61)45-19-4-2-5-20-45)52-31-15-24-44-23-8-9-28-51(44)52/h2,4-5,8-17,19-20,23-43,46H,3,6-7,18,21-22H2,1H3. The Hall–Kier alpha value is -7.42. The van der Waals surface area contributed by atoms with Crippen LogP contribution in [0.5, 0.6) is 0 Å². The average Bonchev–Trinajstić information content (AvgIpc) is 3.70. The van der Waals surface area contributed by atoms with Gasteiger partial charge in [-0.1, -0.05) is 202 Å². The average molecular weight is 837 g/mol. The largest absolute Gasteiger partial charge is 0.309 e. The quantitative estimate of drug-likeness (QED) is 0.148. The van der Waals surface area contributed by atoms with Crippen LogP contribution in [0.25, 0.3) is 82.4 Å². The van der Waals surface area contributed by atoms with E-state index in [2.05, 4.69) is 229 Å². The summed E-state index contributed by atoms with van der Waals surface area (Å²) in [6.07, 6.45) is 14.6. The molecule has 2 aliphatic carbocycles. The van der Waals surface area contributed by atoms with Gasteiger partial charge in [-0.2, -0.15) is 0 Å². The molecule has 1 saturated carbocycles. The number of nitrogens with zero attached hydrogens (tertiary/aromatic N) is 2. The molecule has 0 N–H and O–H groups in total. The van der Waals surface area contributed by atoms with Crippen molar-refractivity contribution in [2.75, 3.05) is 4.90 Å². The summed E-state index contributed by atoms with van der Waals surface area (Å²) in [5, 5.41) is 7.71. The minimum atomic E-state index is 0.460. The summed E-state index contributed by atoms with van der Waals surface area (Å²) in [4.78, 5) is 2.57. The summed E-state index contributed by atoms with van der Waals surface area (Å²) in [7, 11) is 0. The highest BCUT2D eigenvalue weighted by Crippen LogP contribution is 2.50. The molecular formula is C63H52N2. The van der Waals surface area contributed by atoms with Crippen molar-refractivity contribution in [1.82, 2.24) is 4.57 Å². The number of benzene rings is 9. The molecule has 10 aromatic rings. The molecule has 314 valence electrons. The lowest BCUT2D eigenvalue weighted by atomic mass is 9.80. The van der Waals surface area contributed by atoms with Gasteiger partial charge in [0.05, 0.1) is 22.4 Å². The number of fused-ring (bicyclic) bond motifs is 5. The topological polar surface area (TPSA) is 8.17 Å². The van der Waals surface area contributed by atoms with Gasteiger partial charge in [-0.15, -0.1) is 0 Å². The minimum Gasteiger partial charge on any atom is -0.309 e. The Morgan fingerprint density at radius 2 is 1.17 bits per heavy atom. The predicted molar refractivity (Wildman–Crippen MR) is 278 cm³/mol. The Bertz CT molecular complexity index is 3460. The second kappa shape index (κ2) is 16.6. The van der Waals surface area contributed by atoms with Crippen LogP contribution in [0, 0.1) is 5.92 Å². The van der Waals surface area contributed by atoms with Crippen molar-refractivity contribution in [2.24, 2.45) is 5.92 Å². The Kier molecular flexibility index (Phi) is 10.0. The first-order valence-corrected chi connectivity index (χ1v) is 23.7. The summed E-state index contributed by atoms with van der Waals surface area (Å²) >= 11 is 0. The van der Waals surface area contributed by atoms with E-state index in [0.29, 0.717) is 11.8 Å². The first kappa shape index (κ1) is 39.2. The van der Waals surface area contributed by atoms with Gasteiger partial charge in [0.2, 0.25) is 0 Å². The molecule has 2 nitrogen and oxygen atoms in total. The van der Waals surface area contributed by atoms with Gasteiger partial charge < -0.3 is 9.47 Å². The maximum atomic E-state index is 2.57. The Morgan fingerprint density at radius 1 is 0.477 bits per heavy atom. The molecule has 0 aliphatic heterocycles. The van der Waals surface area contributed by atoms with Crippen LogP contribution in [0.2, 0.25) is 0 Å². The van der Waals surface area contributed by atoms with Gasteiger partial charge in [-0.25, -0.2) is 0 Å². The number of hydrogen-bond acceptors (Lipinski definition) is 1. The third kappa shape index (κ3) is 6.96. The Balaban J connectivity index is 1.17. The van der Waals surface area contributed by atoms with Crippen LogP contribution in [0.3, 0.4) is 0 Å². The molecule has 1 fully saturated rings. The van der Waals surface area contributed by atoms with Crippen LogP contribution < -0.4 is 4.90 Å². The van der Waals surface area contributed by atoms with E-state index in [9.17, 15) is 0 Å². The van der Waals surface area contributed by atoms with Gasteiger partial charge in [0.15, 0.2) is 0 Å². The van der Waals surface area contributed by atoms with Crippen LogP contribution >= 0.6 is 0 Å². The van der Waals surface area contributed by atoms with E-state index in [4.69, 9.17) is 0 Å². The SMILES string of the molecule is CC1C=C(n2c3ccccc3c3ccc(N(c4cc(-c5cccc6ccccc56)ccc4-c4ccccc4)c4ccccc4-c4cccc5cccc(C6CCCCC6)c45)cc32)C=CC1. The van der Waals surface area contributed by atoms with Gasteiger partial charge in [-0.05, 0) is 117 Å². The smallest absolute Gasteiger partial charge is 0.0561 e. The molecule has 1 heterocycles. The van der Waals surface area contributed by atoms with Crippen LogP contribution in [0.15, 0.2) is 212 Å². The van der Waals surface area contributed by atoms with Gasteiger partial charge in [0, 0.05) is 33.3 Å². The van der Waals surface area contributed by atoms with Crippen LogP contribution in [0.4, 0.5) is 17.1 Å². The van der Waals surface area contributed by atoms with E-state index < -0.39 is 0 Å². The lowest BCUT2D eigenvalue weighted by Crippen LogP contribution is -2.13. The highest BCUT2D eigenvalue weighted by Gasteiger charge is 2.26. The zero-order valence-corrected chi connectivity index (χ0v) is 37.0. The molecule has 12 rings (SSSR count). The monoisotopic (exact) mass is 836 g/mol. The van der Waals surface area contributed by atoms with Crippen LogP contribution in [-0.4, -0.2) is 4.57 Å². The first-order valence-electron chi connectivity index (χ1n) is 23.7. The lowest BCUT2D eigenvalue weighted by molar-refractivity contribution is 0.445. The van der Waals surface area contributed by atoms with Crippen molar-refractivity contribution in [3.63, 3.8) is 0 Å². The molecule has 1 atom stereocenters. The predicted octanol–water partition coefficient (Wildman–Crippen LogP) is 18.1. The number of para-hydroxylation sites is 2. The maximum absolute atomic E-state index is 2.57. The van der Waals surface area contributed by atoms with Crippen molar-refractivity contribution < 1.29 is 0 Å². The summed E-state index contributed by atoms with van der Waals surface area (Å²) in [6.45, 7) is 2.32. The first-order chi connectivity index (χ1) is 32.2. The zero-order chi connectivity index (χ0) is 43.3. The Labute approximate surface area is 382 Å². The van der Waals surface area contributed by atoms with Crippen LogP contribution in [0.1, 0.15) is 56.9 Å². The highest BCUT2D eigenvalue weighted by atomic mass is 15.2. The zero-order valence-electron chi connectivity index (χ0n) is 37.0. The molecule has 0 amide bonds. The molecule has 0 spiro atoms. The highest BCUT2D eigenvalue weighted by molar-refractivity contribution is 6.12. The van der Waals surface area contributed by atoms with Gasteiger partial charge in [0.25, 0.3) is 0 Å². The van der Waals surface area contributed by atoms with Gasteiger partial charge in [0.1, 0.15) is 0 Å². The summed E-state index contributed by atoms with van der Waals surface area (Å²) in [6, 6.07) is 72.8. The lowest BCUT2D eigenvalue weighted by Gasteiger charge is -2.31. The number of aromatic nitrogens is 1. The van der Waals surface area contributed by atoms with E-state index >= 15 is 0 Å². The summed E-state index contributed by atoms with van der Waals surface area (Å²) in [5.74, 6) is 1.02. The van der Waals surface area contributed by atoms with Crippen molar-refractivity contribution >= 4 is 66.1 Å². The molecule has 1 aromatic heterocycles. The fourth-order valence-corrected chi connectivity index (χ4v) is 11.2. The molecule has 2 heteroatoms. The summed E-state index contributed by atoms with van der Waals surface area (Å²) < 4.78 is 2.50. The third-order valence-electron chi connectivity index (χ3n) is 14.3. The van der Waals surface area contributed by atoms with Crippen molar-refractivity contribution in [3.8, 4) is 33.4 Å². The third-order valence-corrected chi connectivity index (χ3v) is 14.3. The van der Waals surface area contributed by atoms with Crippen molar-refractivity contribution in [2.45, 2.75) is 51.4 Å². The van der Waals surface area contributed by atoms with Crippen LogP contribution in [-0.2, 0) is 0 Å². The molecule has 0 saturated heterocycles. The Morgan fingerprint density at radius 3 is 2.03 bits per heavy atom. The fraction of sp³-hybridized carbons (Fsp3) is 0.143. The fourth-order valence-electron chi connectivity index (χ4n) is 11.2. The number of rotatable bonds is 8. The van der Waals surface area contributed by atoms with Crippen molar-refractivity contribution in [3.05, 3.63) is 218 Å². The maximum Gasteiger partial charge on any atom is 0.0561 e. The normalized spacial score (nSPS) is 15.5. The van der Waals surface area contributed by atoms with E-state index in [0.717, 1.165) is 23.5 Å². The number of anilines is 3. The van der Waals surface area contributed by atoms with E-state index in [1.165, 1.54) is 120 Å². The van der Waals surface area contributed by atoms with Crippen molar-refractivity contribution in [1.29, 1.82) is 0 Å². The van der Waals surface area contributed by atoms with Gasteiger partial charge in [-0.3, -0.25) is 0 Å². The molecule has 0 bridgehead atoms. The second-order valence-corrected chi connectivity index (χ2v) is 18.3. The molecule has 2 aliphatic rings. The van der Waals surface area contributed by atoms with Gasteiger partial charge >= 0.3 is 0 Å². The molecule has 9 aromatic carbocycles. The molecule has 0 radical (unpaired) electrons. The van der Waals surface area contributed by atoms with E-state index in [1.807, 2.05) is 0 Å². The number of hydrogen-bond donors (Lipinski definition) is 0. The molecule has 1 unspecified atom stereocenters. The summed E-state index contributed by atoms with van der Waals surface area (Å²) in [5.41, 5.74) is 15.8. The minimum absolute atomic E-state index is 0.460. The van der Waals surface area contributed by atoms with E-state index in [-0.39, 0.29) is 0 Å². The van der Waals surface area contributed by atoms with E-state index in [1.54, 1.807) is 0 Å². The molecule has 65 heavy (non-hydrogen) atoms. The second-order valence-electron chi connectivity index (χ2n) is 18.3. The molecular weight excluding hydrogens is 785 g/mol.